The molecule has 0 saturated carbocycles. The minimum Gasteiger partial charge on any atom is -0.478 e. The van der Waals surface area contributed by atoms with E-state index in [9.17, 15) is 14.4 Å². The van der Waals surface area contributed by atoms with Gasteiger partial charge in [-0.05, 0) is 6.07 Å². The van der Waals surface area contributed by atoms with Crippen molar-refractivity contribution in [2.45, 2.75) is 0 Å². The SMILES string of the molecule is O=C(O)c1cnc2ccccc2c1Nn1c(=O)c1=O. The fraction of sp³-hybridized carbons (Fsp3) is 0. The molecule has 0 atom stereocenters. The van der Waals surface area contributed by atoms with E-state index in [-0.39, 0.29) is 11.3 Å². The highest BCUT2D eigenvalue weighted by Crippen LogP contribution is 2.25. The molecule has 3 aromatic rings. The third-order valence-electron chi connectivity index (χ3n) is 2.77. The van der Waals surface area contributed by atoms with Crippen LogP contribution in [-0.4, -0.2) is 20.7 Å². The van der Waals surface area contributed by atoms with Crippen LogP contribution in [0.2, 0.25) is 0 Å². The second-order valence-electron chi connectivity index (χ2n) is 3.93. The molecule has 0 aliphatic rings. The smallest absolute Gasteiger partial charge is 0.340 e. The third kappa shape index (κ3) is 1.68. The van der Waals surface area contributed by atoms with E-state index in [1.165, 1.54) is 6.20 Å². The molecule has 0 bridgehead atoms. The molecule has 19 heavy (non-hydrogen) atoms. The number of benzene rings is 1. The van der Waals surface area contributed by atoms with Crippen LogP contribution in [0.1, 0.15) is 10.4 Å². The van der Waals surface area contributed by atoms with Gasteiger partial charge in [-0.1, -0.05) is 18.2 Å². The van der Waals surface area contributed by atoms with Gasteiger partial charge < -0.3 is 5.11 Å². The first-order chi connectivity index (χ1) is 9.09. The highest BCUT2D eigenvalue weighted by molar-refractivity contribution is 6.04. The van der Waals surface area contributed by atoms with Crippen LogP contribution < -0.4 is 16.5 Å². The van der Waals surface area contributed by atoms with Gasteiger partial charge in [0, 0.05) is 11.6 Å². The van der Waals surface area contributed by atoms with Crippen molar-refractivity contribution in [3.8, 4) is 0 Å². The molecule has 0 fully saturated rings. The zero-order chi connectivity index (χ0) is 13.6. The van der Waals surface area contributed by atoms with Gasteiger partial charge in [0.05, 0.1) is 11.2 Å². The molecule has 0 aliphatic carbocycles. The van der Waals surface area contributed by atoms with Crippen molar-refractivity contribution in [3.05, 3.63) is 56.7 Å². The van der Waals surface area contributed by atoms with Crippen molar-refractivity contribution in [2.75, 3.05) is 5.43 Å². The van der Waals surface area contributed by atoms with Gasteiger partial charge in [-0.15, -0.1) is 0 Å². The van der Waals surface area contributed by atoms with E-state index in [0.717, 1.165) is 4.68 Å². The van der Waals surface area contributed by atoms with Crippen molar-refractivity contribution in [1.82, 2.24) is 9.66 Å². The van der Waals surface area contributed by atoms with E-state index in [1.807, 2.05) is 0 Å². The van der Waals surface area contributed by atoms with Gasteiger partial charge in [-0.3, -0.25) is 20.0 Å². The number of para-hydroxylation sites is 1. The minimum absolute atomic E-state index is 0.105. The molecule has 2 heterocycles. The Hall–Kier alpha value is -2.96. The normalized spacial score (nSPS) is 10.9. The molecule has 0 unspecified atom stereocenters. The molecule has 3 rings (SSSR count). The molecule has 0 spiro atoms. The van der Waals surface area contributed by atoms with Crippen molar-refractivity contribution in [3.63, 3.8) is 0 Å². The lowest BCUT2D eigenvalue weighted by molar-refractivity contribution is 0.0697. The van der Waals surface area contributed by atoms with Gasteiger partial charge in [0.25, 0.3) is 0 Å². The van der Waals surface area contributed by atoms with E-state index in [4.69, 9.17) is 5.11 Å². The van der Waals surface area contributed by atoms with Crippen LogP contribution in [0, 0.1) is 0 Å². The number of carbonyl (C=O) groups is 1. The number of aromatic nitrogens is 2. The van der Waals surface area contributed by atoms with Crippen LogP contribution in [0.5, 0.6) is 0 Å². The Balaban J connectivity index is 2.25. The number of carboxylic acid groups (broad SMARTS) is 1. The molecule has 7 nitrogen and oxygen atoms in total. The summed E-state index contributed by atoms with van der Waals surface area (Å²) in [6.45, 7) is 0. The number of aromatic carboxylic acids is 1. The fourth-order valence-electron chi connectivity index (χ4n) is 1.77. The summed E-state index contributed by atoms with van der Waals surface area (Å²) in [4.78, 5) is 37.2. The molecule has 94 valence electrons. The Labute approximate surface area is 105 Å². The number of nitrogens with one attached hydrogen (secondary N) is 1. The second kappa shape index (κ2) is 3.77. The van der Waals surface area contributed by atoms with Gasteiger partial charge in [-0.2, -0.15) is 4.68 Å². The molecule has 7 heteroatoms. The molecule has 0 aliphatic heterocycles. The topological polar surface area (TPSA) is 101 Å². The number of carboxylic acids is 1. The summed E-state index contributed by atoms with van der Waals surface area (Å²) < 4.78 is 0.758. The maximum absolute atomic E-state index is 11.2. The van der Waals surface area contributed by atoms with Crippen LogP contribution in [0.4, 0.5) is 5.69 Å². The standard InChI is InChI=1S/C12H7N3O4/c16-10-11(17)15(10)14-9-6-3-1-2-4-8(6)13-5-7(9)12(18)19/h1-5H,(H,13,14)(H,18,19). The maximum Gasteiger partial charge on any atom is 0.340 e. The Morgan fingerprint density at radius 1 is 1.21 bits per heavy atom. The summed E-state index contributed by atoms with van der Waals surface area (Å²) in [5.74, 6) is -1.19. The third-order valence-corrected chi connectivity index (χ3v) is 2.77. The van der Waals surface area contributed by atoms with E-state index >= 15 is 0 Å². The number of hydrogen-bond acceptors (Lipinski definition) is 5. The van der Waals surface area contributed by atoms with Gasteiger partial charge in [0.1, 0.15) is 5.56 Å². The summed E-state index contributed by atoms with van der Waals surface area (Å²) in [6.07, 6.45) is 1.19. The zero-order valence-electron chi connectivity index (χ0n) is 9.45. The van der Waals surface area contributed by atoms with Crippen molar-refractivity contribution in [1.29, 1.82) is 0 Å². The lowest BCUT2D eigenvalue weighted by Gasteiger charge is -2.09. The molecular formula is C12H7N3O4. The predicted molar refractivity (Wildman–Crippen MR) is 67.1 cm³/mol. The summed E-state index contributed by atoms with van der Waals surface area (Å²) in [5.41, 5.74) is 1.77. The first-order valence-electron chi connectivity index (χ1n) is 5.35. The van der Waals surface area contributed by atoms with Crippen LogP contribution >= 0.6 is 0 Å². The molecule has 2 N–H and O–H groups in total. The summed E-state index contributed by atoms with van der Waals surface area (Å²) in [5, 5.41) is 9.64. The Morgan fingerprint density at radius 2 is 1.89 bits per heavy atom. The second-order valence-corrected chi connectivity index (χ2v) is 3.93. The fourth-order valence-corrected chi connectivity index (χ4v) is 1.77. The molecular weight excluding hydrogens is 250 g/mol. The van der Waals surface area contributed by atoms with Crippen molar-refractivity contribution in [2.24, 2.45) is 0 Å². The monoisotopic (exact) mass is 257 g/mol. The first-order valence-corrected chi connectivity index (χ1v) is 5.35. The lowest BCUT2D eigenvalue weighted by atomic mass is 10.1. The number of pyridine rings is 1. The van der Waals surface area contributed by atoms with E-state index in [0.29, 0.717) is 10.9 Å². The van der Waals surface area contributed by atoms with E-state index < -0.39 is 17.1 Å². The van der Waals surface area contributed by atoms with Gasteiger partial charge in [0.2, 0.25) is 0 Å². The molecule has 0 amide bonds. The van der Waals surface area contributed by atoms with Gasteiger partial charge in [0.15, 0.2) is 0 Å². The Morgan fingerprint density at radius 3 is 2.53 bits per heavy atom. The number of fused-ring (bicyclic) bond motifs is 1. The number of nitrogens with zero attached hydrogens (tertiary/aromatic N) is 2. The van der Waals surface area contributed by atoms with E-state index in [2.05, 4.69) is 10.4 Å². The average Bonchev–Trinajstić information content (AvgIpc) is 2.97. The highest BCUT2D eigenvalue weighted by Gasteiger charge is 2.21. The van der Waals surface area contributed by atoms with Crippen LogP contribution in [0.25, 0.3) is 10.9 Å². The Bertz CT molecular complexity index is 848. The van der Waals surface area contributed by atoms with Crippen LogP contribution in [-0.2, 0) is 0 Å². The molecule has 0 saturated heterocycles. The number of rotatable bonds is 3. The summed E-state index contributed by atoms with van der Waals surface area (Å²) in [6, 6.07) is 6.84. The van der Waals surface area contributed by atoms with Crippen LogP contribution in [0.15, 0.2) is 40.1 Å². The van der Waals surface area contributed by atoms with Crippen LogP contribution in [0.3, 0.4) is 0 Å². The maximum atomic E-state index is 11.2. The van der Waals surface area contributed by atoms with Gasteiger partial charge >= 0.3 is 17.1 Å². The lowest BCUT2D eigenvalue weighted by Crippen LogP contribution is -2.12. The average molecular weight is 257 g/mol. The Kier molecular flexibility index (Phi) is 2.21. The predicted octanol–water partition coefficient (Wildman–Crippen LogP) is 0.206. The summed E-state index contributed by atoms with van der Waals surface area (Å²) >= 11 is 0. The summed E-state index contributed by atoms with van der Waals surface area (Å²) in [7, 11) is 0. The number of hydrogen-bond donors (Lipinski definition) is 2. The van der Waals surface area contributed by atoms with E-state index in [1.54, 1.807) is 24.3 Å². The van der Waals surface area contributed by atoms with Gasteiger partial charge in [-0.25, -0.2) is 4.79 Å². The van der Waals surface area contributed by atoms with Crippen molar-refractivity contribution >= 4 is 22.6 Å². The largest absolute Gasteiger partial charge is 0.478 e. The quantitative estimate of drug-likeness (QED) is 0.650. The minimum atomic E-state index is -1.19. The van der Waals surface area contributed by atoms with Crippen molar-refractivity contribution < 1.29 is 9.90 Å². The molecule has 2 aromatic heterocycles. The number of anilines is 1. The highest BCUT2D eigenvalue weighted by atomic mass is 16.4. The molecule has 0 radical (unpaired) electrons. The first kappa shape index (κ1) is 11.1. The molecule has 1 aromatic carbocycles. The zero-order valence-corrected chi connectivity index (χ0v) is 9.45.